The van der Waals surface area contributed by atoms with E-state index in [1.165, 1.54) is 12.8 Å². The highest BCUT2D eigenvalue weighted by Crippen LogP contribution is 2.49. The molecule has 4 nitrogen and oxygen atoms in total. The van der Waals surface area contributed by atoms with E-state index < -0.39 is 5.60 Å². The normalized spacial score (nSPS) is 36.5. The highest BCUT2D eigenvalue weighted by Gasteiger charge is 2.45. The summed E-state index contributed by atoms with van der Waals surface area (Å²) in [5.74, 6) is 0.585. The molecule has 1 saturated heterocycles. The van der Waals surface area contributed by atoms with Gasteiger partial charge in [-0.3, -0.25) is 0 Å². The molecule has 0 spiro atoms. The monoisotopic (exact) mass is 311 g/mol. The van der Waals surface area contributed by atoms with E-state index in [1.54, 1.807) is 0 Å². The van der Waals surface area contributed by atoms with Gasteiger partial charge in [0.1, 0.15) is 5.60 Å². The van der Waals surface area contributed by atoms with Gasteiger partial charge in [0.2, 0.25) is 0 Å². The van der Waals surface area contributed by atoms with E-state index in [0.29, 0.717) is 11.3 Å². The summed E-state index contributed by atoms with van der Waals surface area (Å²) in [4.78, 5) is 14.1. The van der Waals surface area contributed by atoms with Crippen molar-refractivity contribution in [2.75, 3.05) is 20.2 Å². The summed E-state index contributed by atoms with van der Waals surface area (Å²) in [6, 6.07) is 0. The molecule has 1 saturated carbocycles. The number of nitrogens with zero attached hydrogens (tertiary/aromatic N) is 1. The fraction of sp³-hybridized carbons (Fsp3) is 0.944. The number of methoxy groups -OCH3 is 1. The summed E-state index contributed by atoms with van der Waals surface area (Å²) < 4.78 is 11.2. The van der Waals surface area contributed by atoms with Crippen molar-refractivity contribution in [3.05, 3.63) is 0 Å². The summed E-state index contributed by atoms with van der Waals surface area (Å²) in [6.45, 7) is 12.1. The number of likely N-dealkylation sites (tertiary alicyclic amines) is 1. The molecule has 0 aromatic heterocycles. The van der Waals surface area contributed by atoms with Crippen LogP contribution in [0.2, 0.25) is 0 Å². The molecule has 1 atom stereocenters. The summed E-state index contributed by atoms with van der Waals surface area (Å²) in [5, 5.41) is 0. The molecule has 0 aromatic rings. The molecule has 2 aliphatic rings. The maximum absolute atomic E-state index is 12.2. The molecule has 1 aliphatic heterocycles. The molecular formula is C18H33NO3. The molecule has 0 N–H and O–H groups in total. The summed E-state index contributed by atoms with van der Waals surface area (Å²) in [5.41, 5.74) is -0.0397. The SMILES string of the molecule is COC1(C)CCC(C)([C@@H]2CCN(C(=O)OC(C)(C)C)C2)CC1. The molecule has 2 fully saturated rings. The van der Waals surface area contributed by atoms with Crippen molar-refractivity contribution in [2.45, 2.75) is 77.9 Å². The zero-order valence-electron chi connectivity index (χ0n) is 15.2. The largest absolute Gasteiger partial charge is 0.444 e. The van der Waals surface area contributed by atoms with Crippen molar-refractivity contribution in [1.29, 1.82) is 0 Å². The molecule has 0 radical (unpaired) electrons. The fourth-order valence-corrected chi connectivity index (χ4v) is 3.78. The first kappa shape index (κ1) is 17.6. The molecule has 0 unspecified atom stereocenters. The van der Waals surface area contributed by atoms with E-state index in [-0.39, 0.29) is 11.7 Å². The second-order valence-corrected chi connectivity index (χ2v) is 8.72. The Bertz CT molecular complexity index is 405. The number of carbonyl (C=O) groups excluding carboxylic acids is 1. The average molecular weight is 311 g/mol. The minimum atomic E-state index is -0.413. The van der Waals surface area contributed by atoms with Gasteiger partial charge in [0.25, 0.3) is 0 Å². The molecule has 22 heavy (non-hydrogen) atoms. The summed E-state index contributed by atoms with van der Waals surface area (Å²) >= 11 is 0. The van der Waals surface area contributed by atoms with Gasteiger partial charge in [0.05, 0.1) is 5.60 Å². The van der Waals surface area contributed by atoms with E-state index in [9.17, 15) is 4.79 Å². The van der Waals surface area contributed by atoms with Crippen molar-refractivity contribution < 1.29 is 14.3 Å². The van der Waals surface area contributed by atoms with Crippen LogP contribution in [0.5, 0.6) is 0 Å². The Morgan fingerprint density at radius 3 is 2.23 bits per heavy atom. The van der Waals surface area contributed by atoms with E-state index in [1.807, 2.05) is 32.8 Å². The molecule has 0 aromatic carbocycles. The van der Waals surface area contributed by atoms with Crippen LogP contribution in [0.15, 0.2) is 0 Å². The Kier molecular flexibility index (Phi) is 4.82. The third kappa shape index (κ3) is 3.95. The van der Waals surface area contributed by atoms with Crippen molar-refractivity contribution in [3.63, 3.8) is 0 Å². The maximum Gasteiger partial charge on any atom is 0.410 e. The predicted octanol–water partition coefficient (Wildman–Crippen LogP) is 4.23. The third-order valence-corrected chi connectivity index (χ3v) is 5.77. The van der Waals surface area contributed by atoms with Gasteiger partial charge < -0.3 is 14.4 Å². The Morgan fingerprint density at radius 1 is 1.14 bits per heavy atom. The van der Waals surface area contributed by atoms with Crippen LogP contribution >= 0.6 is 0 Å². The van der Waals surface area contributed by atoms with Crippen LogP contribution in [-0.2, 0) is 9.47 Å². The van der Waals surface area contributed by atoms with Crippen molar-refractivity contribution >= 4 is 6.09 Å². The van der Waals surface area contributed by atoms with Crippen LogP contribution in [0.3, 0.4) is 0 Å². The lowest BCUT2D eigenvalue weighted by molar-refractivity contribution is -0.0617. The molecule has 1 amide bonds. The quantitative estimate of drug-likeness (QED) is 0.766. The van der Waals surface area contributed by atoms with Gasteiger partial charge in [-0.25, -0.2) is 4.79 Å². The van der Waals surface area contributed by atoms with Crippen LogP contribution in [0.25, 0.3) is 0 Å². The standard InChI is InChI=1S/C18H33NO3/c1-16(2,3)22-15(20)19-12-7-14(13-19)17(4)8-10-18(5,21-6)11-9-17/h14H,7-13H2,1-6H3/t14-,17?,18?/m1/s1. The minimum Gasteiger partial charge on any atom is -0.444 e. The van der Waals surface area contributed by atoms with Gasteiger partial charge in [-0.2, -0.15) is 0 Å². The number of amides is 1. The van der Waals surface area contributed by atoms with Gasteiger partial charge in [-0.15, -0.1) is 0 Å². The first-order valence-corrected chi connectivity index (χ1v) is 8.60. The van der Waals surface area contributed by atoms with Gasteiger partial charge in [0, 0.05) is 20.2 Å². The average Bonchev–Trinajstić information content (AvgIpc) is 2.91. The second-order valence-electron chi connectivity index (χ2n) is 8.72. The summed E-state index contributed by atoms with van der Waals surface area (Å²) in [7, 11) is 1.82. The molecule has 2 rings (SSSR count). The highest BCUT2D eigenvalue weighted by atomic mass is 16.6. The van der Waals surface area contributed by atoms with Crippen LogP contribution in [0.4, 0.5) is 4.79 Å². The first-order valence-electron chi connectivity index (χ1n) is 8.60. The molecule has 128 valence electrons. The third-order valence-electron chi connectivity index (χ3n) is 5.77. The lowest BCUT2D eigenvalue weighted by Crippen LogP contribution is -2.42. The van der Waals surface area contributed by atoms with E-state index >= 15 is 0 Å². The zero-order valence-corrected chi connectivity index (χ0v) is 15.2. The van der Waals surface area contributed by atoms with Gasteiger partial charge in [-0.05, 0) is 71.1 Å². The second kappa shape index (κ2) is 6.03. The number of carbonyl (C=O) groups is 1. The first-order chi connectivity index (χ1) is 10.1. The lowest BCUT2D eigenvalue weighted by atomic mass is 9.63. The molecule has 0 bridgehead atoms. The molecule has 4 heteroatoms. The zero-order chi connectivity index (χ0) is 16.6. The fourth-order valence-electron chi connectivity index (χ4n) is 3.78. The summed E-state index contributed by atoms with van der Waals surface area (Å²) in [6.07, 6.45) is 5.54. The lowest BCUT2D eigenvalue weighted by Gasteiger charge is -2.45. The molecule has 1 aliphatic carbocycles. The van der Waals surface area contributed by atoms with Crippen molar-refractivity contribution in [1.82, 2.24) is 4.90 Å². The van der Waals surface area contributed by atoms with Gasteiger partial charge in [-0.1, -0.05) is 6.92 Å². The van der Waals surface area contributed by atoms with Gasteiger partial charge >= 0.3 is 6.09 Å². The Morgan fingerprint density at radius 2 is 1.73 bits per heavy atom. The van der Waals surface area contributed by atoms with Crippen molar-refractivity contribution in [3.8, 4) is 0 Å². The van der Waals surface area contributed by atoms with E-state index in [2.05, 4.69) is 13.8 Å². The molecule has 1 heterocycles. The van der Waals surface area contributed by atoms with Crippen LogP contribution in [0.1, 0.15) is 66.7 Å². The van der Waals surface area contributed by atoms with Gasteiger partial charge in [0.15, 0.2) is 0 Å². The Hall–Kier alpha value is -0.770. The molecular weight excluding hydrogens is 278 g/mol. The van der Waals surface area contributed by atoms with E-state index in [0.717, 1.165) is 32.4 Å². The topological polar surface area (TPSA) is 38.8 Å². The van der Waals surface area contributed by atoms with Crippen LogP contribution in [-0.4, -0.2) is 42.4 Å². The predicted molar refractivity (Wildman–Crippen MR) is 87.9 cm³/mol. The minimum absolute atomic E-state index is 0.0446. The number of hydrogen-bond acceptors (Lipinski definition) is 3. The smallest absolute Gasteiger partial charge is 0.410 e. The highest BCUT2D eigenvalue weighted by molar-refractivity contribution is 5.68. The Labute approximate surface area is 135 Å². The number of hydrogen-bond donors (Lipinski definition) is 0. The van der Waals surface area contributed by atoms with Crippen LogP contribution < -0.4 is 0 Å². The van der Waals surface area contributed by atoms with E-state index in [4.69, 9.17) is 9.47 Å². The number of rotatable bonds is 2. The maximum atomic E-state index is 12.2. The van der Waals surface area contributed by atoms with Crippen LogP contribution in [0, 0.1) is 11.3 Å². The number of ether oxygens (including phenoxy) is 2. The Balaban J connectivity index is 1.92. The van der Waals surface area contributed by atoms with Crippen molar-refractivity contribution in [2.24, 2.45) is 11.3 Å².